The highest BCUT2D eigenvalue weighted by molar-refractivity contribution is 9.10. The lowest BCUT2D eigenvalue weighted by Gasteiger charge is -2.46. The van der Waals surface area contributed by atoms with Gasteiger partial charge >= 0.3 is 7.12 Å². The summed E-state index contributed by atoms with van der Waals surface area (Å²) in [5.41, 5.74) is 4.38. The Bertz CT molecular complexity index is 2050. The number of nitrogens with zero attached hydrogens (tertiary/aromatic N) is 1. The van der Waals surface area contributed by atoms with Gasteiger partial charge in [0.25, 0.3) is 8.32 Å². The van der Waals surface area contributed by atoms with Crippen molar-refractivity contribution < 1.29 is 28.8 Å². The highest BCUT2D eigenvalue weighted by atomic mass is 79.9. The maximum atomic E-state index is 14.4. The van der Waals surface area contributed by atoms with Gasteiger partial charge in [-0.15, -0.1) is 0 Å². The van der Waals surface area contributed by atoms with Crippen LogP contribution in [-0.2, 0) is 18.7 Å². The molecule has 2 saturated heterocycles. The van der Waals surface area contributed by atoms with Crippen molar-refractivity contribution in [1.29, 1.82) is 0 Å². The molecule has 55 heavy (non-hydrogen) atoms. The summed E-state index contributed by atoms with van der Waals surface area (Å²) in [6, 6.07) is 35.5. The number of hydrogen-bond acceptors (Lipinski definition) is 6. The molecule has 0 radical (unpaired) electrons. The average Bonchev–Trinajstić information content (AvgIpc) is 3.43. The Kier molecular flexibility index (Phi) is 11.5. The van der Waals surface area contributed by atoms with Crippen LogP contribution in [0.5, 0.6) is 5.75 Å². The van der Waals surface area contributed by atoms with Crippen LogP contribution in [0.1, 0.15) is 58.9 Å². The normalized spacial score (nSPS) is 21.9. The molecule has 4 aromatic carbocycles. The topological polar surface area (TPSA) is 96.3 Å². The van der Waals surface area contributed by atoms with Crippen molar-refractivity contribution in [3.8, 4) is 5.75 Å². The molecule has 4 aromatic rings. The Morgan fingerprint density at radius 1 is 0.927 bits per heavy atom. The lowest BCUT2D eigenvalue weighted by atomic mass is 9.58. The second-order valence-electron chi connectivity index (χ2n) is 16.0. The molecule has 4 atom stereocenters. The maximum Gasteiger partial charge on any atom is 0.455 e. The van der Waals surface area contributed by atoms with Gasteiger partial charge in [0.05, 0.1) is 30.2 Å². The summed E-state index contributed by atoms with van der Waals surface area (Å²) in [5.74, 6) is -1.79. The van der Waals surface area contributed by atoms with Crippen molar-refractivity contribution in [1.82, 2.24) is 0 Å². The molecule has 1 aliphatic carbocycles. The van der Waals surface area contributed by atoms with Crippen molar-refractivity contribution >= 4 is 65.3 Å². The summed E-state index contributed by atoms with van der Waals surface area (Å²) in [5, 5.41) is 24.0. The van der Waals surface area contributed by atoms with Crippen LogP contribution in [0.4, 0.5) is 5.69 Å². The van der Waals surface area contributed by atoms with Crippen LogP contribution in [0.15, 0.2) is 130 Å². The van der Waals surface area contributed by atoms with Crippen LogP contribution < -0.4 is 15.3 Å². The Balaban J connectivity index is 1.31. The standard InChI is InChI=1S/C45H49BBrNO6Si/c1-5-30(25-31-26-33(47)22-23-39(31)49)21-24-40-41-32(29-53-55(45(2,3)4,35-17-11-7-12-18-35)36-19-13-8-14-20-36)27-37-42(38(41)28-46(52)54-40)44(51)48(43(37)50)34-15-9-6-10-16-34/h6-20,22-23,25-26,37-38,40,42,49,52H,5,21,24,27-29H2,1-4H3/b30-25+/t37-,38+,40-,42-/m1/s1. The Morgan fingerprint density at radius 2 is 1.55 bits per heavy atom. The molecule has 284 valence electrons. The molecule has 0 unspecified atom stereocenters. The van der Waals surface area contributed by atoms with Crippen LogP contribution in [0, 0.1) is 17.8 Å². The second-order valence-corrected chi connectivity index (χ2v) is 21.2. The van der Waals surface area contributed by atoms with Gasteiger partial charge in [-0.1, -0.05) is 134 Å². The van der Waals surface area contributed by atoms with E-state index >= 15 is 0 Å². The maximum absolute atomic E-state index is 14.4. The van der Waals surface area contributed by atoms with E-state index < -0.39 is 39.3 Å². The third-order valence-corrected chi connectivity index (χ3v) is 17.2. The lowest BCUT2D eigenvalue weighted by Crippen LogP contribution is -2.66. The van der Waals surface area contributed by atoms with Gasteiger partial charge in [0.15, 0.2) is 0 Å². The Morgan fingerprint density at radius 3 is 2.15 bits per heavy atom. The summed E-state index contributed by atoms with van der Waals surface area (Å²) >= 11 is 3.52. The van der Waals surface area contributed by atoms with E-state index in [1.807, 2.05) is 48.5 Å². The van der Waals surface area contributed by atoms with Crippen LogP contribution >= 0.6 is 15.9 Å². The van der Waals surface area contributed by atoms with Gasteiger partial charge in [-0.25, -0.2) is 0 Å². The first kappa shape index (κ1) is 39.2. The first-order valence-corrected chi connectivity index (χ1v) is 22.0. The lowest BCUT2D eigenvalue weighted by molar-refractivity contribution is -0.122. The van der Waals surface area contributed by atoms with Crippen molar-refractivity contribution in [3.63, 3.8) is 0 Å². The number of aromatic hydroxyl groups is 1. The van der Waals surface area contributed by atoms with E-state index in [1.165, 1.54) is 4.90 Å². The molecule has 7 rings (SSSR count). The molecule has 2 heterocycles. The molecule has 0 spiro atoms. The van der Waals surface area contributed by atoms with Gasteiger partial charge in [-0.2, -0.15) is 0 Å². The number of phenols is 1. The zero-order valence-electron chi connectivity index (χ0n) is 32.0. The minimum Gasteiger partial charge on any atom is -0.507 e. The summed E-state index contributed by atoms with van der Waals surface area (Å²) in [7, 11) is -4.06. The monoisotopic (exact) mass is 817 g/mol. The van der Waals surface area contributed by atoms with Crippen LogP contribution in [0.3, 0.4) is 0 Å². The zero-order valence-corrected chi connectivity index (χ0v) is 34.5. The quantitative estimate of drug-likeness (QED) is 0.0899. The molecular formula is C45H49BBrNO6Si. The third-order valence-electron chi connectivity index (χ3n) is 11.7. The highest BCUT2D eigenvalue weighted by Gasteiger charge is 2.58. The van der Waals surface area contributed by atoms with Crippen LogP contribution in [0.2, 0.25) is 11.4 Å². The van der Waals surface area contributed by atoms with E-state index in [4.69, 9.17) is 9.08 Å². The number of rotatable bonds is 11. The van der Waals surface area contributed by atoms with Gasteiger partial charge in [0.2, 0.25) is 11.8 Å². The first-order valence-electron chi connectivity index (χ1n) is 19.3. The minimum absolute atomic E-state index is 0.203. The predicted molar refractivity (Wildman–Crippen MR) is 226 cm³/mol. The number of carbonyl (C=O) groups is 2. The van der Waals surface area contributed by atoms with Crippen molar-refractivity contribution in [2.75, 3.05) is 11.5 Å². The average molecular weight is 819 g/mol. The molecule has 10 heteroatoms. The summed E-state index contributed by atoms with van der Waals surface area (Å²) in [6.45, 7) is 9.11. The van der Waals surface area contributed by atoms with E-state index in [1.54, 1.807) is 18.2 Å². The number of anilines is 1. The number of carbonyl (C=O) groups excluding carboxylic acids is 2. The highest BCUT2D eigenvalue weighted by Crippen LogP contribution is 2.52. The van der Waals surface area contributed by atoms with Gasteiger partial charge in [-0.3, -0.25) is 14.5 Å². The molecule has 3 aliphatic rings. The number of allylic oxidation sites excluding steroid dienone is 1. The van der Waals surface area contributed by atoms with Gasteiger partial charge in [0, 0.05) is 10.0 Å². The number of hydrogen-bond donors (Lipinski definition) is 2. The smallest absolute Gasteiger partial charge is 0.455 e. The molecule has 0 saturated carbocycles. The van der Waals surface area contributed by atoms with E-state index in [0.717, 1.165) is 43.5 Å². The van der Waals surface area contributed by atoms with Gasteiger partial charge in [0.1, 0.15) is 5.75 Å². The molecule has 2 N–H and O–H groups in total. The van der Waals surface area contributed by atoms with E-state index in [0.29, 0.717) is 24.9 Å². The Labute approximate surface area is 334 Å². The second kappa shape index (κ2) is 16.2. The number of amides is 2. The fourth-order valence-corrected chi connectivity index (χ4v) is 14.1. The molecule has 2 aliphatic heterocycles. The van der Waals surface area contributed by atoms with Crippen molar-refractivity contribution in [2.45, 2.75) is 70.8 Å². The summed E-state index contributed by atoms with van der Waals surface area (Å²) in [4.78, 5) is 30.1. The van der Waals surface area contributed by atoms with Crippen LogP contribution in [0.25, 0.3) is 6.08 Å². The van der Waals surface area contributed by atoms with E-state index in [2.05, 4.69) is 92.2 Å². The van der Waals surface area contributed by atoms with Crippen molar-refractivity contribution in [3.05, 3.63) is 136 Å². The molecule has 7 nitrogen and oxygen atoms in total. The number of imide groups is 1. The largest absolute Gasteiger partial charge is 0.507 e. The summed E-state index contributed by atoms with van der Waals surface area (Å²) < 4.78 is 14.8. The first-order chi connectivity index (χ1) is 26.4. The van der Waals surface area contributed by atoms with E-state index in [9.17, 15) is 19.7 Å². The molecular weight excluding hydrogens is 769 g/mol. The van der Waals surface area contributed by atoms with E-state index in [-0.39, 0.29) is 35.5 Å². The number of fused-ring (bicyclic) bond motifs is 3. The number of phenolic OH excluding ortho intramolecular Hbond substituents is 1. The predicted octanol–water partition coefficient (Wildman–Crippen LogP) is 8.31. The number of halogens is 1. The van der Waals surface area contributed by atoms with Crippen molar-refractivity contribution in [2.24, 2.45) is 17.8 Å². The minimum atomic E-state index is -2.97. The number of para-hydroxylation sites is 1. The fourth-order valence-electron chi connectivity index (χ4n) is 9.21. The van der Waals surface area contributed by atoms with Gasteiger partial charge < -0.3 is 19.2 Å². The third kappa shape index (κ3) is 7.59. The molecule has 2 amide bonds. The molecule has 0 bridgehead atoms. The van der Waals surface area contributed by atoms with Gasteiger partial charge in [-0.05, 0) is 94.8 Å². The SMILES string of the molecule is CC/C(=C\c1cc(Br)ccc1O)CC[C@H]1OB(O)C[C@H]2C1=C(CO[Si](c1ccccc1)(c1ccccc1)C(C)(C)C)C[C@H]1C(=O)N(c3ccccc3)C(=O)[C@H]12. The Hall–Kier alpha value is -4.06. The van der Waals surface area contributed by atoms with Crippen LogP contribution in [-0.4, -0.2) is 50.1 Å². The fraction of sp³-hybridized carbons (Fsp3) is 0.333. The molecule has 0 aromatic heterocycles. The number of benzene rings is 4. The summed E-state index contributed by atoms with van der Waals surface area (Å²) in [6.07, 6.45) is 4.09. The zero-order chi connectivity index (χ0) is 38.9. The molecule has 2 fully saturated rings.